The number of amides is 1. The number of nitrogens with one attached hydrogen (secondary N) is 1. The molecule has 0 aliphatic rings. The largest absolute Gasteiger partial charge is 0.397 e. The summed E-state index contributed by atoms with van der Waals surface area (Å²) in [6.07, 6.45) is 0. The Labute approximate surface area is 119 Å². The third-order valence-corrected chi connectivity index (χ3v) is 3.00. The van der Waals surface area contributed by atoms with Crippen molar-refractivity contribution in [2.24, 2.45) is 0 Å². The molecular formula is C13H9Cl2FN2O. The summed E-state index contributed by atoms with van der Waals surface area (Å²) in [6, 6.07) is 8.24. The highest BCUT2D eigenvalue weighted by Crippen LogP contribution is 2.24. The van der Waals surface area contributed by atoms with E-state index < -0.39 is 11.7 Å². The number of halogens is 3. The van der Waals surface area contributed by atoms with Crippen LogP contribution in [0.1, 0.15) is 10.4 Å². The second-order valence-corrected chi connectivity index (χ2v) is 4.65. The van der Waals surface area contributed by atoms with E-state index in [4.69, 9.17) is 28.9 Å². The minimum Gasteiger partial charge on any atom is -0.397 e. The van der Waals surface area contributed by atoms with Crippen molar-refractivity contribution >= 4 is 40.5 Å². The topological polar surface area (TPSA) is 55.1 Å². The number of nitrogen functional groups attached to an aromatic ring is 1. The molecular weight excluding hydrogens is 290 g/mol. The number of anilines is 2. The van der Waals surface area contributed by atoms with Gasteiger partial charge >= 0.3 is 0 Å². The molecule has 0 aromatic heterocycles. The lowest BCUT2D eigenvalue weighted by molar-refractivity contribution is 0.102. The lowest BCUT2D eigenvalue weighted by atomic mass is 10.2. The number of benzene rings is 2. The van der Waals surface area contributed by atoms with Crippen LogP contribution in [-0.2, 0) is 0 Å². The first-order chi connectivity index (χ1) is 8.97. The molecule has 0 aliphatic heterocycles. The minimum absolute atomic E-state index is 0.131. The number of carbonyl (C=O) groups excluding carboxylic acids is 1. The maximum Gasteiger partial charge on any atom is 0.257 e. The van der Waals surface area contributed by atoms with Crippen molar-refractivity contribution in [1.82, 2.24) is 0 Å². The summed E-state index contributed by atoms with van der Waals surface area (Å²) >= 11 is 11.7. The Morgan fingerprint density at radius 3 is 2.58 bits per heavy atom. The van der Waals surface area contributed by atoms with Crippen LogP contribution in [0.2, 0.25) is 10.0 Å². The first-order valence-electron chi connectivity index (χ1n) is 5.29. The Balaban J connectivity index is 2.28. The molecule has 0 fully saturated rings. The van der Waals surface area contributed by atoms with Gasteiger partial charge in [0.2, 0.25) is 0 Å². The number of nitrogens with two attached hydrogens (primary N) is 1. The molecule has 0 heterocycles. The first kappa shape index (κ1) is 13.6. The van der Waals surface area contributed by atoms with E-state index in [2.05, 4.69) is 5.32 Å². The second kappa shape index (κ2) is 5.47. The van der Waals surface area contributed by atoms with Crippen molar-refractivity contribution < 1.29 is 9.18 Å². The molecule has 0 saturated heterocycles. The van der Waals surface area contributed by atoms with Crippen LogP contribution in [0.15, 0.2) is 36.4 Å². The highest BCUT2D eigenvalue weighted by atomic mass is 35.5. The summed E-state index contributed by atoms with van der Waals surface area (Å²) in [6.45, 7) is 0. The van der Waals surface area contributed by atoms with E-state index in [0.29, 0.717) is 10.7 Å². The molecule has 0 bridgehead atoms. The van der Waals surface area contributed by atoms with Gasteiger partial charge in [-0.2, -0.15) is 0 Å². The van der Waals surface area contributed by atoms with Crippen molar-refractivity contribution in [3.05, 3.63) is 57.8 Å². The number of hydrogen-bond donors (Lipinski definition) is 2. The standard InChI is InChI=1S/C13H9Cl2FN2O/c14-7-1-3-10(15)9(5-7)13(19)18-12-4-2-8(16)6-11(12)17/h1-6H,17H2,(H,18,19). The van der Waals surface area contributed by atoms with Gasteiger partial charge in [0, 0.05) is 5.02 Å². The van der Waals surface area contributed by atoms with E-state index >= 15 is 0 Å². The van der Waals surface area contributed by atoms with Crippen LogP contribution in [0.3, 0.4) is 0 Å². The van der Waals surface area contributed by atoms with Crippen molar-refractivity contribution in [2.45, 2.75) is 0 Å². The zero-order valence-electron chi connectivity index (χ0n) is 9.58. The molecule has 0 unspecified atom stereocenters. The molecule has 0 aliphatic carbocycles. The van der Waals surface area contributed by atoms with Gasteiger partial charge in [0.15, 0.2) is 0 Å². The van der Waals surface area contributed by atoms with E-state index in [0.717, 1.165) is 6.07 Å². The van der Waals surface area contributed by atoms with Crippen molar-refractivity contribution in [3.8, 4) is 0 Å². The highest BCUT2D eigenvalue weighted by molar-refractivity contribution is 6.36. The summed E-state index contributed by atoms with van der Waals surface area (Å²) < 4.78 is 12.9. The molecule has 0 radical (unpaired) electrons. The zero-order chi connectivity index (χ0) is 14.0. The molecule has 3 nitrogen and oxygen atoms in total. The lowest BCUT2D eigenvalue weighted by Gasteiger charge is -2.09. The Kier molecular flexibility index (Phi) is 3.93. The Bertz CT molecular complexity index is 647. The molecule has 0 spiro atoms. The quantitative estimate of drug-likeness (QED) is 0.824. The lowest BCUT2D eigenvalue weighted by Crippen LogP contribution is -2.13. The highest BCUT2D eigenvalue weighted by Gasteiger charge is 2.12. The summed E-state index contributed by atoms with van der Waals surface area (Å²) in [7, 11) is 0. The van der Waals surface area contributed by atoms with E-state index in [-0.39, 0.29) is 16.3 Å². The molecule has 0 saturated carbocycles. The normalized spacial score (nSPS) is 10.3. The van der Waals surface area contributed by atoms with Crippen LogP contribution in [0, 0.1) is 5.82 Å². The fourth-order valence-corrected chi connectivity index (χ4v) is 1.88. The monoisotopic (exact) mass is 298 g/mol. The van der Waals surface area contributed by atoms with Crippen LogP contribution >= 0.6 is 23.2 Å². The maximum atomic E-state index is 12.9. The Hall–Kier alpha value is -1.78. The molecule has 19 heavy (non-hydrogen) atoms. The van der Waals surface area contributed by atoms with E-state index in [1.165, 1.54) is 24.3 Å². The number of carbonyl (C=O) groups is 1. The minimum atomic E-state index is -0.476. The van der Waals surface area contributed by atoms with Crippen LogP contribution < -0.4 is 11.1 Å². The summed E-state index contributed by atoms with van der Waals surface area (Å²) in [4.78, 5) is 12.0. The van der Waals surface area contributed by atoms with Crippen molar-refractivity contribution in [2.75, 3.05) is 11.1 Å². The van der Waals surface area contributed by atoms with Gasteiger partial charge in [0.1, 0.15) is 5.82 Å². The predicted octanol–water partition coefficient (Wildman–Crippen LogP) is 3.97. The fourth-order valence-electron chi connectivity index (χ4n) is 1.51. The van der Waals surface area contributed by atoms with Crippen molar-refractivity contribution in [3.63, 3.8) is 0 Å². The molecule has 6 heteroatoms. The second-order valence-electron chi connectivity index (χ2n) is 3.81. The van der Waals surface area contributed by atoms with Gasteiger partial charge in [-0.1, -0.05) is 23.2 Å². The average molecular weight is 299 g/mol. The van der Waals surface area contributed by atoms with Gasteiger partial charge in [0.25, 0.3) is 5.91 Å². The Morgan fingerprint density at radius 2 is 1.89 bits per heavy atom. The van der Waals surface area contributed by atoms with Gasteiger partial charge in [-0.25, -0.2) is 4.39 Å². The number of rotatable bonds is 2. The van der Waals surface area contributed by atoms with Gasteiger partial charge in [-0.3, -0.25) is 4.79 Å². The summed E-state index contributed by atoms with van der Waals surface area (Å²) in [5.74, 6) is -0.943. The molecule has 0 atom stereocenters. The fraction of sp³-hybridized carbons (Fsp3) is 0. The first-order valence-corrected chi connectivity index (χ1v) is 6.04. The van der Waals surface area contributed by atoms with Crippen LogP contribution in [0.4, 0.5) is 15.8 Å². The van der Waals surface area contributed by atoms with Crippen LogP contribution in [0.25, 0.3) is 0 Å². The van der Waals surface area contributed by atoms with Gasteiger partial charge < -0.3 is 11.1 Å². The summed E-state index contributed by atoms with van der Waals surface area (Å²) in [5.41, 5.74) is 6.26. The molecule has 3 N–H and O–H groups in total. The average Bonchev–Trinajstić information content (AvgIpc) is 2.35. The smallest absolute Gasteiger partial charge is 0.257 e. The molecule has 2 aromatic carbocycles. The SMILES string of the molecule is Nc1cc(F)ccc1NC(=O)c1cc(Cl)ccc1Cl. The number of hydrogen-bond acceptors (Lipinski definition) is 2. The van der Waals surface area contributed by atoms with Gasteiger partial charge in [-0.15, -0.1) is 0 Å². The van der Waals surface area contributed by atoms with E-state index in [1.807, 2.05) is 0 Å². The predicted molar refractivity (Wildman–Crippen MR) is 75.2 cm³/mol. The van der Waals surface area contributed by atoms with Gasteiger partial charge in [0.05, 0.1) is 22.0 Å². The Morgan fingerprint density at radius 1 is 1.16 bits per heavy atom. The third-order valence-electron chi connectivity index (χ3n) is 2.43. The van der Waals surface area contributed by atoms with Crippen molar-refractivity contribution in [1.29, 1.82) is 0 Å². The van der Waals surface area contributed by atoms with Crippen LogP contribution in [0.5, 0.6) is 0 Å². The molecule has 98 valence electrons. The van der Waals surface area contributed by atoms with E-state index in [9.17, 15) is 9.18 Å². The zero-order valence-corrected chi connectivity index (χ0v) is 11.1. The van der Waals surface area contributed by atoms with E-state index in [1.54, 1.807) is 6.07 Å². The summed E-state index contributed by atoms with van der Waals surface area (Å²) in [5, 5.41) is 3.20. The van der Waals surface area contributed by atoms with Gasteiger partial charge in [-0.05, 0) is 36.4 Å². The molecule has 2 aromatic rings. The molecule has 1 amide bonds. The van der Waals surface area contributed by atoms with Crippen LogP contribution in [-0.4, -0.2) is 5.91 Å². The third kappa shape index (κ3) is 3.16. The molecule has 2 rings (SSSR count). The maximum absolute atomic E-state index is 12.9.